The normalized spacial score (nSPS) is 37.1. The first-order valence-corrected chi connectivity index (χ1v) is 9.33. The number of imide groups is 1. The average Bonchev–Trinajstić information content (AvgIpc) is 3.38. The van der Waals surface area contributed by atoms with Gasteiger partial charge in [-0.2, -0.15) is 0 Å². The summed E-state index contributed by atoms with van der Waals surface area (Å²) in [4.78, 5) is 38.9. The van der Waals surface area contributed by atoms with Crippen molar-refractivity contribution in [3.05, 3.63) is 40.9 Å². The van der Waals surface area contributed by atoms with Gasteiger partial charge in [0.15, 0.2) is 0 Å². The highest BCUT2D eigenvalue weighted by molar-refractivity contribution is 9.10. The minimum absolute atomic E-state index is 0.170. The van der Waals surface area contributed by atoms with Crippen LogP contribution in [0.5, 0.6) is 5.75 Å². The number of amides is 2. The van der Waals surface area contributed by atoms with E-state index in [1.54, 1.807) is 24.3 Å². The molecule has 0 unspecified atom stereocenters. The first kappa shape index (κ1) is 15.3. The van der Waals surface area contributed by atoms with Crippen LogP contribution in [0.4, 0.5) is 0 Å². The number of halogens is 1. The third-order valence-electron chi connectivity index (χ3n) is 6.09. The molecular weight excluding hydrogens is 386 g/mol. The van der Waals surface area contributed by atoms with Crippen LogP contribution in [0.3, 0.4) is 0 Å². The zero-order chi connectivity index (χ0) is 17.3. The Balaban J connectivity index is 1.32. The van der Waals surface area contributed by atoms with Gasteiger partial charge in [-0.15, -0.1) is 0 Å². The summed E-state index contributed by atoms with van der Waals surface area (Å²) in [6.07, 6.45) is 5.37. The van der Waals surface area contributed by atoms with E-state index in [1.807, 2.05) is 0 Å². The van der Waals surface area contributed by atoms with E-state index < -0.39 is 5.97 Å². The molecule has 3 fully saturated rings. The van der Waals surface area contributed by atoms with Gasteiger partial charge in [0, 0.05) is 4.47 Å². The molecule has 0 radical (unpaired) electrons. The van der Waals surface area contributed by atoms with Gasteiger partial charge >= 0.3 is 5.97 Å². The van der Waals surface area contributed by atoms with Crippen molar-refractivity contribution in [1.29, 1.82) is 0 Å². The van der Waals surface area contributed by atoms with Crippen LogP contribution in [-0.4, -0.2) is 29.2 Å². The molecule has 6 rings (SSSR count). The fourth-order valence-electron chi connectivity index (χ4n) is 4.97. The van der Waals surface area contributed by atoms with E-state index in [0.29, 0.717) is 17.6 Å². The lowest BCUT2D eigenvalue weighted by Gasteiger charge is -2.37. The maximum absolute atomic E-state index is 12.8. The number of likely N-dealkylation sites (tertiary alicyclic amines) is 1. The second-order valence-corrected chi connectivity index (χ2v) is 8.26. The van der Waals surface area contributed by atoms with Gasteiger partial charge in [-0.3, -0.25) is 14.5 Å². The van der Waals surface area contributed by atoms with Crippen molar-refractivity contribution < 1.29 is 19.1 Å². The van der Waals surface area contributed by atoms with Crippen molar-refractivity contribution in [1.82, 2.24) is 4.90 Å². The third-order valence-corrected chi connectivity index (χ3v) is 6.62. The van der Waals surface area contributed by atoms with E-state index >= 15 is 0 Å². The summed E-state index contributed by atoms with van der Waals surface area (Å²) in [5.41, 5.74) is 0. The van der Waals surface area contributed by atoms with Crippen LogP contribution in [0.2, 0.25) is 0 Å². The Morgan fingerprint density at radius 3 is 2.16 bits per heavy atom. The molecule has 1 aliphatic heterocycles. The molecule has 2 bridgehead atoms. The van der Waals surface area contributed by atoms with Crippen LogP contribution in [0, 0.1) is 35.5 Å². The second kappa shape index (κ2) is 5.27. The summed E-state index contributed by atoms with van der Waals surface area (Å²) in [5.74, 6) is 0.317. The number of esters is 1. The van der Waals surface area contributed by atoms with Gasteiger partial charge in [-0.25, -0.2) is 4.79 Å². The maximum Gasteiger partial charge on any atom is 0.331 e. The summed E-state index contributed by atoms with van der Waals surface area (Å²) in [5, 5.41) is 0. The summed E-state index contributed by atoms with van der Waals surface area (Å²) in [6.45, 7) is -0.310. The lowest BCUT2D eigenvalue weighted by Crippen LogP contribution is -2.40. The Kier molecular flexibility index (Phi) is 3.23. The molecule has 1 aromatic carbocycles. The molecule has 25 heavy (non-hydrogen) atoms. The van der Waals surface area contributed by atoms with Crippen molar-refractivity contribution in [2.24, 2.45) is 35.5 Å². The number of ether oxygens (including phenoxy) is 1. The van der Waals surface area contributed by atoms with Gasteiger partial charge in [-0.05, 0) is 54.4 Å². The van der Waals surface area contributed by atoms with Crippen LogP contribution in [0.15, 0.2) is 40.9 Å². The molecule has 128 valence electrons. The number of hydrogen-bond acceptors (Lipinski definition) is 4. The zero-order valence-corrected chi connectivity index (χ0v) is 14.9. The zero-order valence-electron chi connectivity index (χ0n) is 13.3. The van der Waals surface area contributed by atoms with Gasteiger partial charge < -0.3 is 4.74 Å². The summed E-state index contributed by atoms with van der Waals surface area (Å²) in [6, 6.07) is 6.85. The van der Waals surface area contributed by atoms with Crippen LogP contribution >= 0.6 is 15.9 Å². The molecule has 1 aromatic rings. The number of rotatable bonds is 3. The van der Waals surface area contributed by atoms with E-state index in [0.717, 1.165) is 15.8 Å². The molecule has 1 saturated heterocycles. The van der Waals surface area contributed by atoms with Gasteiger partial charge in [0.25, 0.3) is 0 Å². The Hall–Kier alpha value is -1.95. The number of carbonyl (C=O) groups excluding carboxylic acids is 3. The lowest BCUT2D eigenvalue weighted by molar-refractivity contribution is -0.148. The molecule has 6 atom stereocenters. The minimum Gasteiger partial charge on any atom is -0.425 e. The summed E-state index contributed by atoms with van der Waals surface area (Å²) in [7, 11) is 0. The number of nitrogens with zero attached hydrogens (tertiary/aromatic N) is 1. The summed E-state index contributed by atoms with van der Waals surface area (Å²) < 4.78 is 6.14. The van der Waals surface area contributed by atoms with Gasteiger partial charge in [0.1, 0.15) is 12.3 Å². The Labute approximate surface area is 153 Å². The Morgan fingerprint density at radius 2 is 1.60 bits per heavy atom. The van der Waals surface area contributed by atoms with Crippen molar-refractivity contribution in [3.8, 4) is 5.75 Å². The maximum atomic E-state index is 12.8. The van der Waals surface area contributed by atoms with Crippen molar-refractivity contribution in [3.63, 3.8) is 0 Å². The molecular formula is C19H16BrNO4. The molecule has 0 aromatic heterocycles. The Morgan fingerprint density at radius 1 is 1.04 bits per heavy atom. The third kappa shape index (κ3) is 2.23. The quantitative estimate of drug-likeness (QED) is 0.337. The molecule has 6 heteroatoms. The topological polar surface area (TPSA) is 63.7 Å². The first-order valence-electron chi connectivity index (χ1n) is 8.54. The van der Waals surface area contributed by atoms with Crippen LogP contribution in [-0.2, 0) is 14.4 Å². The number of carbonyl (C=O) groups is 3. The first-order chi connectivity index (χ1) is 12.0. The highest BCUT2D eigenvalue weighted by Crippen LogP contribution is 2.65. The summed E-state index contributed by atoms with van der Waals surface area (Å²) >= 11 is 3.31. The predicted molar refractivity (Wildman–Crippen MR) is 91.2 cm³/mol. The molecule has 5 aliphatic rings. The fraction of sp³-hybridized carbons (Fsp3) is 0.421. The highest BCUT2D eigenvalue weighted by Gasteiger charge is 2.67. The van der Waals surface area contributed by atoms with Crippen molar-refractivity contribution >= 4 is 33.7 Å². The van der Waals surface area contributed by atoms with Gasteiger partial charge in [0.2, 0.25) is 11.8 Å². The van der Waals surface area contributed by atoms with E-state index in [1.165, 1.54) is 0 Å². The standard InChI is InChI=1S/C19H16BrNO4/c20-9-1-3-10(4-2-9)25-15(22)8-21-18(23)16-11-5-6-12(14-7-13(11)14)17(16)19(21)24/h1-6,11-14,16-17H,7-8H2/t11-,12+,13-,14-,16-,17+/m1/s1. The molecule has 0 N–H and O–H groups in total. The molecule has 2 amide bonds. The average molecular weight is 402 g/mol. The van der Waals surface area contributed by atoms with E-state index in [2.05, 4.69) is 28.1 Å². The van der Waals surface area contributed by atoms with Crippen LogP contribution < -0.4 is 4.74 Å². The lowest BCUT2D eigenvalue weighted by atomic mass is 9.63. The molecule has 2 saturated carbocycles. The van der Waals surface area contributed by atoms with Crippen LogP contribution in [0.1, 0.15) is 6.42 Å². The molecule has 1 heterocycles. The van der Waals surface area contributed by atoms with Crippen molar-refractivity contribution in [2.75, 3.05) is 6.54 Å². The van der Waals surface area contributed by atoms with Crippen molar-refractivity contribution in [2.45, 2.75) is 6.42 Å². The molecule has 4 aliphatic carbocycles. The smallest absolute Gasteiger partial charge is 0.331 e. The Bertz CT molecular complexity index is 781. The van der Waals surface area contributed by atoms with Crippen LogP contribution in [0.25, 0.3) is 0 Å². The van der Waals surface area contributed by atoms with E-state index in [-0.39, 0.29) is 42.0 Å². The molecule has 5 nitrogen and oxygen atoms in total. The second-order valence-electron chi connectivity index (χ2n) is 7.35. The van der Waals surface area contributed by atoms with E-state index in [9.17, 15) is 14.4 Å². The highest BCUT2D eigenvalue weighted by atomic mass is 79.9. The minimum atomic E-state index is -0.590. The van der Waals surface area contributed by atoms with E-state index in [4.69, 9.17) is 4.74 Å². The van der Waals surface area contributed by atoms with Gasteiger partial charge in [-0.1, -0.05) is 28.1 Å². The number of hydrogen-bond donors (Lipinski definition) is 0. The largest absolute Gasteiger partial charge is 0.425 e. The fourth-order valence-corrected chi connectivity index (χ4v) is 5.23. The number of benzene rings is 1. The predicted octanol–water partition coefficient (Wildman–Crippen LogP) is 2.41. The van der Waals surface area contributed by atoms with Gasteiger partial charge in [0.05, 0.1) is 11.8 Å². The molecule has 0 spiro atoms. The monoisotopic (exact) mass is 401 g/mol. The SMILES string of the molecule is O=C(CN1C(=O)[C@@H]2[C@@H]3C=C[C@@H]([C@H]4C[C@H]34)[C@@H]2C1=O)Oc1ccc(Br)cc1. The number of allylic oxidation sites excluding steroid dienone is 2.